The lowest BCUT2D eigenvalue weighted by Gasteiger charge is -2.24. The Morgan fingerprint density at radius 3 is 2.61 bits per heavy atom. The van der Waals surface area contributed by atoms with Gasteiger partial charge in [-0.15, -0.1) is 0 Å². The quantitative estimate of drug-likeness (QED) is 0.526. The predicted octanol–water partition coefficient (Wildman–Crippen LogP) is 0.0597. The molecule has 18 heavy (non-hydrogen) atoms. The van der Waals surface area contributed by atoms with Gasteiger partial charge in [-0.1, -0.05) is 0 Å². The molecule has 100 valence electrons. The Hall–Kier alpha value is -1.41. The number of nitrogen functional groups attached to an aromatic ring is 1. The molecule has 1 aromatic heterocycles. The van der Waals surface area contributed by atoms with Gasteiger partial charge in [-0.25, -0.2) is 24.2 Å². The van der Waals surface area contributed by atoms with Crippen molar-refractivity contribution in [3.63, 3.8) is 0 Å². The van der Waals surface area contributed by atoms with Crippen LogP contribution in [0.15, 0.2) is 6.07 Å². The molecule has 0 bridgehead atoms. The van der Waals surface area contributed by atoms with E-state index < -0.39 is 15.4 Å². The molecule has 1 aromatic rings. The van der Waals surface area contributed by atoms with E-state index in [1.165, 1.54) is 0 Å². The second-order valence-electron chi connectivity index (χ2n) is 4.86. The average Bonchev–Trinajstić information content (AvgIpc) is 2.51. The fourth-order valence-electron chi connectivity index (χ4n) is 2.12. The van der Waals surface area contributed by atoms with Crippen molar-refractivity contribution in [3.8, 4) is 0 Å². The summed E-state index contributed by atoms with van der Waals surface area (Å²) in [7, 11) is -2.95. The number of anilines is 2. The highest BCUT2D eigenvalue weighted by atomic mass is 32.2. The number of hydrazine groups is 1. The zero-order valence-electron chi connectivity index (χ0n) is 10.4. The van der Waals surface area contributed by atoms with Crippen LogP contribution < -0.4 is 16.6 Å². The molecule has 0 aliphatic carbocycles. The third-order valence-electron chi connectivity index (χ3n) is 2.92. The smallest absolute Gasteiger partial charge is 0.152 e. The minimum Gasteiger partial charge on any atom is -0.364 e. The fourth-order valence-corrected chi connectivity index (χ4v) is 4.22. The van der Waals surface area contributed by atoms with Crippen LogP contribution in [-0.4, -0.2) is 35.4 Å². The van der Waals surface area contributed by atoms with E-state index in [0.29, 0.717) is 23.9 Å². The minimum atomic E-state index is -2.95. The number of rotatable bonds is 3. The van der Waals surface area contributed by atoms with Crippen molar-refractivity contribution < 1.29 is 8.42 Å². The summed E-state index contributed by atoms with van der Waals surface area (Å²) >= 11 is 0. The predicted molar refractivity (Wildman–Crippen MR) is 69.9 cm³/mol. The third-order valence-corrected chi connectivity index (χ3v) is 4.82. The maximum Gasteiger partial charge on any atom is 0.152 e. The van der Waals surface area contributed by atoms with Gasteiger partial charge in [-0.05, 0) is 20.3 Å². The van der Waals surface area contributed by atoms with E-state index in [9.17, 15) is 8.42 Å². The molecular weight excluding hydrogens is 254 g/mol. The maximum atomic E-state index is 11.5. The van der Waals surface area contributed by atoms with Crippen LogP contribution in [0, 0.1) is 6.92 Å². The number of hydrogen-bond donors (Lipinski definition) is 3. The van der Waals surface area contributed by atoms with E-state index in [0.717, 1.165) is 0 Å². The summed E-state index contributed by atoms with van der Waals surface area (Å²) in [5, 5.41) is 3.16. The van der Waals surface area contributed by atoms with E-state index in [-0.39, 0.29) is 11.5 Å². The topological polar surface area (TPSA) is 110 Å². The molecule has 1 saturated heterocycles. The first-order valence-electron chi connectivity index (χ1n) is 5.63. The zero-order chi connectivity index (χ0) is 13.4. The summed E-state index contributed by atoms with van der Waals surface area (Å²) in [4.78, 5) is 8.30. The number of nitrogens with one attached hydrogen (secondary N) is 2. The van der Waals surface area contributed by atoms with Crippen molar-refractivity contribution in [2.24, 2.45) is 5.84 Å². The molecule has 2 heterocycles. The number of aromatic nitrogens is 2. The highest BCUT2D eigenvalue weighted by Gasteiger charge is 2.38. The standard InChI is InChI=1S/C10H17N5O2S/c1-7-12-8(5-9(13-7)15-11)14-10(2)3-4-18(16,17)6-10/h5H,3-4,6,11H2,1-2H3,(H2,12,13,14,15). The first kappa shape index (κ1) is 13.0. The Kier molecular flexibility index (Phi) is 3.16. The molecule has 0 amide bonds. The van der Waals surface area contributed by atoms with Gasteiger partial charge in [0, 0.05) is 6.07 Å². The van der Waals surface area contributed by atoms with Crippen molar-refractivity contribution in [1.29, 1.82) is 0 Å². The van der Waals surface area contributed by atoms with Gasteiger partial charge in [0.15, 0.2) is 9.84 Å². The van der Waals surface area contributed by atoms with Gasteiger partial charge in [0.05, 0.1) is 17.0 Å². The number of nitrogens with two attached hydrogens (primary N) is 1. The monoisotopic (exact) mass is 271 g/mol. The van der Waals surface area contributed by atoms with Crippen LogP contribution in [-0.2, 0) is 9.84 Å². The van der Waals surface area contributed by atoms with Gasteiger partial charge in [0.2, 0.25) is 0 Å². The van der Waals surface area contributed by atoms with E-state index >= 15 is 0 Å². The second-order valence-corrected chi connectivity index (χ2v) is 7.04. The van der Waals surface area contributed by atoms with Crippen LogP contribution in [0.2, 0.25) is 0 Å². The van der Waals surface area contributed by atoms with E-state index in [2.05, 4.69) is 20.7 Å². The average molecular weight is 271 g/mol. The normalized spacial score (nSPS) is 25.9. The second kappa shape index (κ2) is 4.36. The highest BCUT2D eigenvalue weighted by molar-refractivity contribution is 7.91. The van der Waals surface area contributed by atoms with Gasteiger partial charge < -0.3 is 10.7 Å². The SMILES string of the molecule is Cc1nc(NN)cc(NC2(C)CCS(=O)(=O)C2)n1. The van der Waals surface area contributed by atoms with Crippen molar-refractivity contribution in [2.75, 3.05) is 22.2 Å². The van der Waals surface area contributed by atoms with E-state index in [1.54, 1.807) is 13.0 Å². The molecule has 0 saturated carbocycles. The Balaban J connectivity index is 2.22. The molecule has 1 atom stereocenters. The molecule has 7 nitrogen and oxygen atoms in total. The lowest BCUT2D eigenvalue weighted by molar-refractivity contribution is 0.571. The van der Waals surface area contributed by atoms with Crippen LogP contribution >= 0.6 is 0 Å². The van der Waals surface area contributed by atoms with E-state index in [1.807, 2.05) is 6.92 Å². The summed E-state index contributed by atoms with van der Waals surface area (Å²) in [6.45, 7) is 3.63. The molecule has 1 fully saturated rings. The van der Waals surface area contributed by atoms with Crippen LogP contribution in [0.1, 0.15) is 19.2 Å². The number of sulfone groups is 1. The Morgan fingerprint density at radius 1 is 1.39 bits per heavy atom. The molecule has 0 aromatic carbocycles. The number of hydrogen-bond acceptors (Lipinski definition) is 7. The van der Waals surface area contributed by atoms with Crippen molar-refractivity contribution >= 4 is 21.5 Å². The molecule has 4 N–H and O–H groups in total. The molecular formula is C10H17N5O2S. The minimum absolute atomic E-state index is 0.119. The van der Waals surface area contributed by atoms with Crippen molar-refractivity contribution in [2.45, 2.75) is 25.8 Å². The van der Waals surface area contributed by atoms with Crippen LogP contribution in [0.3, 0.4) is 0 Å². The van der Waals surface area contributed by atoms with Gasteiger partial charge in [-0.3, -0.25) is 0 Å². The lowest BCUT2D eigenvalue weighted by atomic mass is 10.0. The summed E-state index contributed by atoms with van der Waals surface area (Å²) in [5.41, 5.74) is 1.97. The first-order valence-corrected chi connectivity index (χ1v) is 7.45. The first-order chi connectivity index (χ1) is 8.32. The molecule has 2 rings (SSSR count). The fraction of sp³-hybridized carbons (Fsp3) is 0.600. The van der Waals surface area contributed by atoms with Crippen LogP contribution in [0.4, 0.5) is 11.6 Å². The summed E-state index contributed by atoms with van der Waals surface area (Å²) in [6, 6.07) is 1.66. The third kappa shape index (κ3) is 2.88. The van der Waals surface area contributed by atoms with Crippen LogP contribution in [0.5, 0.6) is 0 Å². The highest BCUT2D eigenvalue weighted by Crippen LogP contribution is 2.27. The molecule has 0 spiro atoms. The number of nitrogens with zero attached hydrogens (tertiary/aromatic N) is 2. The Bertz CT molecular complexity index is 559. The molecule has 0 radical (unpaired) electrons. The van der Waals surface area contributed by atoms with Gasteiger partial charge in [-0.2, -0.15) is 0 Å². The maximum absolute atomic E-state index is 11.5. The lowest BCUT2D eigenvalue weighted by Crippen LogP contribution is -2.36. The molecule has 8 heteroatoms. The molecule has 1 aliphatic rings. The summed E-state index contributed by atoms with van der Waals surface area (Å²) in [6.07, 6.45) is 0.573. The van der Waals surface area contributed by atoms with Gasteiger partial charge in [0.1, 0.15) is 17.5 Å². The van der Waals surface area contributed by atoms with Crippen molar-refractivity contribution in [3.05, 3.63) is 11.9 Å². The van der Waals surface area contributed by atoms with Gasteiger partial charge >= 0.3 is 0 Å². The van der Waals surface area contributed by atoms with Crippen molar-refractivity contribution in [1.82, 2.24) is 9.97 Å². The Morgan fingerprint density at radius 2 is 2.06 bits per heavy atom. The van der Waals surface area contributed by atoms with E-state index in [4.69, 9.17) is 5.84 Å². The van der Waals surface area contributed by atoms with Gasteiger partial charge in [0.25, 0.3) is 0 Å². The molecule has 1 aliphatic heterocycles. The largest absolute Gasteiger partial charge is 0.364 e. The summed E-state index contributed by atoms with van der Waals surface area (Å²) < 4.78 is 23.0. The zero-order valence-corrected chi connectivity index (χ0v) is 11.2. The molecule has 1 unspecified atom stereocenters. The summed E-state index contributed by atoms with van der Waals surface area (Å²) in [5.74, 6) is 7.28. The number of aryl methyl sites for hydroxylation is 1. The van der Waals surface area contributed by atoms with Crippen LogP contribution in [0.25, 0.3) is 0 Å². The Labute approximate surface area is 106 Å².